The molecular formula is C22H25ClN2S2. The molecule has 0 N–H and O–H groups in total. The van der Waals surface area contributed by atoms with Crippen LogP contribution in [0.25, 0.3) is 5.57 Å². The zero-order valence-electron chi connectivity index (χ0n) is 16.1. The van der Waals surface area contributed by atoms with Crippen LogP contribution in [0.2, 0.25) is 4.34 Å². The van der Waals surface area contributed by atoms with Crippen molar-refractivity contribution in [2.75, 3.05) is 20.1 Å². The van der Waals surface area contributed by atoms with E-state index in [4.69, 9.17) is 11.6 Å². The van der Waals surface area contributed by atoms with Crippen LogP contribution in [0.3, 0.4) is 0 Å². The lowest BCUT2D eigenvalue weighted by Gasteiger charge is -2.30. The van der Waals surface area contributed by atoms with Crippen LogP contribution in [0.5, 0.6) is 0 Å². The van der Waals surface area contributed by atoms with E-state index in [1.807, 2.05) is 11.3 Å². The number of fused-ring (bicyclic) bond motifs is 1. The lowest BCUT2D eigenvalue weighted by atomic mass is 9.87. The Morgan fingerprint density at radius 3 is 2.63 bits per heavy atom. The Hall–Kier alpha value is -1.46. The van der Waals surface area contributed by atoms with Crippen molar-refractivity contribution < 1.29 is 0 Å². The van der Waals surface area contributed by atoms with E-state index in [-0.39, 0.29) is 0 Å². The largest absolute Gasteiger partial charge is 0.300 e. The van der Waals surface area contributed by atoms with Gasteiger partial charge in [-0.05, 0) is 55.1 Å². The number of rotatable bonds is 3. The fraction of sp³-hybridized carbons (Fsp3) is 0.318. The van der Waals surface area contributed by atoms with Gasteiger partial charge < -0.3 is 4.90 Å². The van der Waals surface area contributed by atoms with E-state index in [2.05, 4.69) is 61.5 Å². The Morgan fingerprint density at radius 2 is 2.00 bits per heavy atom. The smallest absolute Gasteiger partial charge is 0.0934 e. The Labute approximate surface area is 175 Å². The Morgan fingerprint density at radius 1 is 1.26 bits per heavy atom. The molecule has 0 aromatic carbocycles. The summed E-state index contributed by atoms with van der Waals surface area (Å²) in [5, 5.41) is 2.22. The fourth-order valence-corrected chi connectivity index (χ4v) is 6.23. The summed E-state index contributed by atoms with van der Waals surface area (Å²) in [4.78, 5) is 9.83. The molecule has 1 unspecified atom stereocenters. The van der Waals surface area contributed by atoms with Crippen LogP contribution in [0, 0.1) is 0 Å². The number of thiophene rings is 2. The van der Waals surface area contributed by atoms with Gasteiger partial charge in [-0.2, -0.15) is 0 Å². The average molecular weight is 417 g/mol. The van der Waals surface area contributed by atoms with Crippen molar-refractivity contribution in [3.8, 4) is 0 Å². The molecule has 1 atom stereocenters. The number of hydrogen-bond acceptors (Lipinski definition) is 4. The number of hydrogen-bond donors (Lipinski definition) is 0. The van der Waals surface area contributed by atoms with E-state index in [1.54, 1.807) is 23.5 Å². The first-order valence-electron chi connectivity index (χ1n) is 8.95. The van der Waals surface area contributed by atoms with Gasteiger partial charge in [-0.3, -0.25) is 4.99 Å². The molecule has 4 rings (SSSR count). The highest BCUT2D eigenvalue weighted by atomic mass is 35.5. The quantitative estimate of drug-likeness (QED) is 0.511. The van der Waals surface area contributed by atoms with E-state index in [0.29, 0.717) is 5.92 Å². The van der Waals surface area contributed by atoms with Crippen LogP contribution < -0.4 is 0 Å². The van der Waals surface area contributed by atoms with E-state index < -0.39 is 0 Å². The van der Waals surface area contributed by atoms with Crippen LogP contribution in [0.1, 0.15) is 40.6 Å². The average Bonchev–Trinajstić information content (AvgIpc) is 3.32. The zero-order valence-corrected chi connectivity index (χ0v) is 18.5. The number of halogens is 1. The molecule has 0 amide bonds. The van der Waals surface area contributed by atoms with Gasteiger partial charge in [-0.1, -0.05) is 36.9 Å². The van der Waals surface area contributed by atoms with Gasteiger partial charge in [0.05, 0.1) is 10.9 Å². The summed E-state index contributed by atoms with van der Waals surface area (Å²) in [6.45, 7) is 14.0. The third kappa shape index (κ3) is 4.19. The molecule has 0 fully saturated rings. The Bertz CT molecular complexity index is 911. The van der Waals surface area contributed by atoms with Gasteiger partial charge in [0.15, 0.2) is 0 Å². The summed E-state index contributed by atoms with van der Waals surface area (Å²) >= 11 is 9.88. The maximum Gasteiger partial charge on any atom is 0.0934 e. The predicted molar refractivity (Wildman–Crippen MR) is 123 cm³/mol. The molecule has 2 aliphatic heterocycles. The molecule has 0 saturated carbocycles. The minimum atomic E-state index is 0.405. The van der Waals surface area contributed by atoms with Crippen molar-refractivity contribution in [3.63, 3.8) is 0 Å². The fourth-order valence-electron chi connectivity index (χ4n) is 3.67. The number of likely N-dealkylation sites (N-methyl/N-ethyl adjacent to an activating group) is 1. The molecule has 142 valence electrons. The number of nitrogens with zero attached hydrogens (tertiary/aromatic N) is 2. The molecule has 0 bridgehead atoms. The SMILES string of the molecule is C=CC=C.CC1=NCC(C)=C1c1sccc1C1CN(C)Cc2sc(Cl)cc21. The standard InChI is InChI=1S/C18H19ClN2S2.C4H6/c1-10-7-20-11(2)17(10)18-12(4-5-22-18)14-8-21(3)9-15-13(14)6-16(19)23-15;1-3-4-2/h4-6,14H,7-9H2,1-3H3;3-4H,1-2H2. The molecule has 0 radical (unpaired) electrons. The van der Waals surface area contributed by atoms with Crippen molar-refractivity contribution in [2.24, 2.45) is 4.99 Å². The third-order valence-corrected chi connectivity index (χ3v) is 7.11. The Balaban J connectivity index is 0.000000481. The van der Waals surface area contributed by atoms with E-state index in [1.165, 1.54) is 37.7 Å². The third-order valence-electron chi connectivity index (χ3n) is 4.90. The highest BCUT2D eigenvalue weighted by molar-refractivity contribution is 7.16. The molecule has 0 saturated heterocycles. The van der Waals surface area contributed by atoms with Crippen molar-refractivity contribution in [1.82, 2.24) is 4.90 Å². The lowest BCUT2D eigenvalue weighted by Crippen LogP contribution is -2.30. The second kappa shape index (κ2) is 8.70. The van der Waals surface area contributed by atoms with Crippen LogP contribution in [0.15, 0.2) is 53.4 Å². The van der Waals surface area contributed by atoms with Crippen molar-refractivity contribution in [3.05, 3.63) is 73.6 Å². The second-order valence-corrected chi connectivity index (χ2v) is 9.60. The molecule has 2 aliphatic rings. The Kier molecular flexibility index (Phi) is 6.53. The molecule has 27 heavy (non-hydrogen) atoms. The zero-order chi connectivity index (χ0) is 19.6. The first-order chi connectivity index (χ1) is 13.0. The molecule has 0 aliphatic carbocycles. The second-order valence-electron chi connectivity index (χ2n) is 6.91. The van der Waals surface area contributed by atoms with E-state index >= 15 is 0 Å². The van der Waals surface area contributed by atoms with E-state index in [9.17, 15) is 0 Å². The maximum absolute atomic E-state index is 6.31. The molecule has 0 spiro atoms. The summed E-state index contributed by atoms with van der Waals surface area (Å²) in [7, 11) is 2.20. The minimum Gasteiger partial charge on any atom is -0.300 e. The van der Waals surface area contributed by atoms with E-state index in [0.717, 1.165) is 24.0 Å². The van der Waals surface area contributed by atoms with Gasteiger partial charge in [0, 0.05) is 40.0 Å². The minimum absolute atomic E-state index is 0.405. The summed E-state index contributed by atoms with van der Waals surface area (Å²) < 4.78 is 0.904. The van der Waals surface area contributed by atoms with Crippen LogP contribution in [-0.4, -0.2) is 30.7 Å². The van der Waals surface area contributed by atoms with Crippen LogP contribution in [0.4, 0.5) is 0 Å². The van der Waals surface area contributed by atoms with Gasteiger partial charge in [0.25, 0.3) is 0 Å². The molecule has 5 heteroatoms. The first-order valence-corrected chi connectivity index (χ1v) is 11.0. The normalized spacial score (nSPS) is 19.3. The van der Waals surface area contributed by atoms with Gasteiger partial charge in [-0.25, -0.2) is 0 Å². The highest BCUT2D eigenvalue weighted by Gasteiger charge is 2.30. The topological polar surface area (TPSA) is 15.6 Å². The van der Waals surface area contributed by atoms with Gasteiger partial charge in [0.1, 0.15) is 0 Å². The number of aliphatic imine (C=N–C) groups is 1. The van der Waals surface area contributed by atoms with Crippen molar-refractivity contribution in [2.45, 2.75) is 26.3 Å². The summed E-state index contributed by atoms with van der Waals surface area (Å²) in [5.74, 6) is 0.405. The maximum atomic E-state index is 6.31. The summed E-state index contributed by atoms with van der Waals surface area (Å²) in [6, 6.07) is 4.47. The molecule has 2 nitrogen and oxygen atoms in total. The van der Waals surface area contributed by atoms with Gasteiger partial charge >= 0.3 is 0 Å². The molecular weight excluding hydrogens is 392 g/mol. The van der Waals surface area contributed by atoms with Crippen molar-refractivity contribution >= 4 is 45.6 Å². The number of allylic oxidation sites excluding steroid dienone is 3. The van der Waals surface area contributed by atoms with Crippen molar-refractivity contribution in [1.29, 1.82) is 0 Å². The van der Waals surface area contributed by atoms with Gasteiger partial charge in [0.2, 0.25) is 0 Å². The molecule has 2 aromatic rings. The summed E-state index contributed by atoms with van der Waals surface area (Å²) in [5.41, 5.74) is 6.79. The lowest BCUT2D eigenvalue weighted by molar-refractivity contribution is 0.299. The summed E-state index contributed by atoms with van der Waals surface area (Å²) in [6.07, 6.45) is 3.28. The van der Waals surface area contributed by atoms with Crippen LogP contribution >= 0.6 is 34.3 Å². The van der Waals surface area contributed by atoms with Gasteiger partial charge in [-0.15, -0.1) is 22.7 Å². The molecule has 2 aromatic heterocycles. The monoisotopic (exact) mass is 416 g/mol. The first kappa shape index (κ1) is 20.3. The molecule has 4 heterocycles. The van der Waals surface area contributed by atoms with Crippen LogP contribution in [-0.2, 0) is 6.54 Å². The predicted octanol–water partition coefficient (Wildman–Crippen LogP) is 6.65. The highest BCUT2D eigenvalue weighted by Crippen LogP contribution is 2.44.